The summed E-state index contributed by atoms with van der Waals surface area (Å²) in [6.07, 6.45) is 10.4. The van der Waals surface area contributed by atoms with E-state index in [9.17, 15) is 4.79 Å². The summed E-state index contributed by atoms with van der Waals surface area (Å²) in [5.74, 6) is 0. The maximum absolute atomic E-state index is 11.2. The average molecular weight is 290 g/mol. The van der Waals surface area contributed by atoms with Crippen LogP contribution in [0.1, 0.15) is 58.3 Å². The molecule has 1 unspecified atom stereocenters. The summed E-state index contributed by atoms with van der Waals surface area (Å²) in [7, 11) is 1.87. The molecule has 5 heteroatoms. The molecule has 0 aliphatic carbocycles. The molecular weight excluding hydrogens is 260 g/mol. The Labute approximate surface area is 119 Å². The Bertz CT molecular complexity index is 211. The second kappa shape index (κ2) is 11.6. The molecule has 0 saturated carbocycles. The van der Waals surface area contributed by atoms with E-state index in [4.69, 9.17) is 13.3 Å². The van der Waals surface area contributed by atoms with Crippen LogP contribution < -0.4 is 0 Å². The number of carbonyl (C=O) groups excluding carboxylic acids is 1. The normalized spacial score (nSPS) is 13.5. The molecule has 4 nitrogen and oxygen atoms in total. The minimum atomic E-state index is -2.80. The number of hydrogen-bond acceptors (Lipinski definition) is 4. The Hall–Kier alpha value is -0.233. The van der Waals surface area contributed by atoms with Crippen LogP contribution in [0.3, 0.4) is 0 Å². The maximum Gasteiger partial charge on any atom is 0.510 e. The largest absolute Gasteiger partial charge is 0.510 e. The number of aldehydes is 1. The van der Waals surface area contributed by atoms with Crippen molar-refractivity contribution < 1.29 is 18.1 Å². The molecule has 0 aromatic rings. The van der Waals surface area contributed by atoms with Gasteiger partial charge in [0.25, 0.3) is 0 Å². The molecule has 19 heavy (non-hydrogen) atoms. The fraction of sp³-hybridized carbons (Fsp3) is 0.929. The summed E-state index contributed by atoms with van der Waals surface area (Å²) in [5.41, 5.74) is -0.247. The minimum absolute atomic E-state index is 0.247. The molecule has 0 aliphatic rings. The van der Waals surface area contributed by atoms with E-state index in [2.05, 4.69) is 6.92 Å². The first-order valence-corrected chi connectivity index (χ1v) is 9.11. The number of unbranched alkanes of at least 4 members (excludes halogenated alkanes) is 6. The maximum atomic E-state index is 11.2. The zero-order valence-corrected chi connectivity index (χ0v) is 13.9. The summed E-state index contributed by atoms with van der Waals surface area (Å²) >= 11 is 0. The highest BCUT2D eigenvalue weighted by Crippen LogP contribution is 2.27. The molecule has 0 bridgehead atoms. The third-order valence-corrected chi connectivity index (χ3v) is 6.63. The van der Waals surface area contributed by atoms with E-state index >= 15 is 0 Å². The quantitative estimate of drug-likeness (QED) is 0.295. The standard InChI is InChI=1S/C14H30O4Si/c1-5-6-7-8-9-10-11-12-14(13-15)19(16-2,17-3)18-4/h13-14H,5-12H2,1-4H3. The average Bonchev–Trinajstić information content (AvgIpc) is 2.46. The van der Waals surface area contributed by atoms with Crippen LogP contribution in [-0.2, 0) is 18.1 Å². The molecule has 0 rings (SSSR count). The summed E-state index contributed by atoms with van der Waals surface area (Å²) in [5, 5.41) is 0. The molecule has 0 amide bonds. The Morgan fingerprint density at radius 2 is 1.37 bits per heavy atom. The van der Waals surface area contributed by atoms with Gasteiger partial charge in [-0.2, -0.15) is 0 Å². The number of hydrogen-bond donors (Lipinski definition) is 0. The third-order valence-electron chi connectivity index (χ3n) is 3.59. The first kappa shape index (κ1) is 18.8. The van der Waals surface area contributed by atoms with Crippen molar-refractivity contribution in [1.29, 1.82) is 0 Å². The lowest BCUT2D eigenvalue weighted by Gasteiger charge is -2.29. The monoisotopic (exact) mass is 290 g/mol. The van der Waals surface area contributed by atoms with Crippen LogP contribution in [0.5, 0.6) is 0 Å². The van der Waals surface area contributed by atoms with Crippen molar-refractivity contribution in [3.05, 3.63) is 0 Å². The zero-order chi connectivity index (χ0) is 14.6. The van der Waals surface area contributed by atoms with Crippen LogP contribution in [0.4, 0.5) is 0 Å². The highest BCUT2D eigenvalue weighted by molar-refractivity contribution is 6.65. The van der Waals surface area contributed by atoms with Crippen LogP contribution in [0.2, 0.25) is 5.54 Å². The SMILES string of the molecule is CCCCCCCCCC(C=O)[Si](OC)(OC)OC. The molecule has 114 valence electrons. The van der Waals surface area contributed by atoms with E-state index in [1.165, 1.54) is 32.1 Å². The fourth-order valence-electron chi connectivity index (χ4n) is 2.35. The van der Waals surface area contributed by atoms with Crippen LogP contribution in [-0.4, -0.2) is 36.4 Å². The number of rotatable bonds is 13. The van der Waals surface area contributed by atoms with Gasteiger partial charge in [-0.3, -0.25) is 0 Å². The summed E-state index contributed by atoms with van der Waals surface area (Å²) in [6, 6.07) is 0. The Kier molecular flexibility index (Phi) is 11.4. The van der Waals surface area contributed by atoms with Crippen molar-refractivity contribution in [2.24, 2.45) is 0 Å². The molecule has 0 heterocycles. The topological polar surface area (TPSA) is 44.8 Å². The molecule has 0 spiro atoms. The van der Waals surface area contributed by atoms with Gasteiger partial charge in [-0.1, -0.05) is 51.9 Å². The van der Waals surface area contributed by atoms with Crippen LogP contribution >= 0.6 is 0 Å². The van der Waals surface area contributed by atoms with Gasteiger partial charge < -0.3 is 18.1 Å². The second-order valence-corrected chi connectivity index (χ2v) is 8.04. The van der Waals surface area contributed by atoms with Gasteiger partial charge >= 0.3 is 8.80 Å². The Balaban J connectivity index is 3.96. The van der Waals surface area contributed by atoms with Gasteiger partial charge in [0.15, 0.2) is 0 Å². The van der Waals surface area contributed by atoms with Crippen molar-refractivity contribution in [2.75, 3.05) is 21.3 Å². The number of carbonyl (C=O) groups is 1. The van der Waals surface area contributed by atoms with Gasteiger partial charge in [-0.15, -0.1) is 0 Å². The highest BCUT2D eigenvalue weighted by atomic mass is 28.4. The predicted molar refractivity (Wildman–Crippen MR) is 79.2 cm³/mol. The van der Waals surface area contributed by atoms with Gasteiger partial charge in [-0.05, 0) is 6.42 Å². The lowest BCUT2D eigenvalue weighted by Crippen LogP contribution is -2.48. The third kappa shape index (κ3) is 6.65. The van der Waals surface area contributed by atoms with Gasteiger partial charge in [0, 0.05) is 21.3 Å². The molecule has 0 saturated heterocycles. The van der Waals surface area contributed by atoms with Crippen LogP contribution in [0.15, 0.2) is 0 Å². The van der Waals surface area contributed by atoms with E-state index in [0.717, 1.165) is 25.5 Å². The molecule has 1 atom stereocenters. The lowest BCUT2D eigenvalue weighted by atomic mass is 10.1. The van der Waals surface area contributed by atoms with Crippen molar-refractivity contribution in [2.45, 2.75) is 63.8 Å². The minimum Gasteiger partial charge on any atom is -0.376 e. The highest BCUT2D eigenvalue weighted by Gasteiger charge is 2.46. The molecule has 0 radical (unpaired) electrons. The zero-order valence-electron chi connectivity index (χ0n) is 12.9. The van der Waals surface area contributed by atoms with E-state index in [-0.39, 0.29) is 5.54 Å². The Morgan fingerprint density at radius 1 is 0.895 bits per heavy atom. The molecule has 0 aromatic heterocycles. The smallest absolute Gasteiger partial charge is 0.376 e. The van der Waals surface area contributed by atoms with Crippen molar-refractivity contribution in [3.63, 3.8) is 0 Å². The van der Waals surface area contributed by atoms with E-state index in [1.54, 1.807) is 21.3 Å². The van der Waals surface area contributed by atoms with Gasteiger partial charge in [0.2, 0.25) is 0 Å². The first-order valence-electron chi connectivity index (χ1n) is 7.31. The van der Waals surface area contributed by atoms with E-state index < -0.39 is 8.80 Å². The van der Waals surface area contributed by atoms with Gasteiger partial charge in [0.1, 0.15) is 6.29 Å². The molecule has 0 N–H and O–H groups in total. The van der Waals surface area contributed by atoms with E-state index in [1.807, 2.05) is 0 Å². The molecular formula is C14H30O4Si. The predicted octanol–water partition coefficient (Wildman–Crippen LogP) is 3.57. The summed E-state index contributed by atoms with van der Waals surface area (Å²) in [4.78, 5) is 11.2. The molecule has 0 aliphatic heterocycles. The summed E-state index contributed by atoms with van der Waals surface area (Å²) < 4.78 is 16.1. The van der Waals surface area contributed by atoms with Crippen molar-refractivity contribution in [3.8, 4) is 0 Å². The van der Waals surface area contributed by atoms with E-state index in [0.29, 0.717) is 0 Å². The van der Waals surface area contributed by atoms with Crippen molar-refractivity contribution in [1.82, 2.24) is 0 Å². The van der Waals surface area contributed by atoms with Crippen LogP contribution in [0, 0.1) is 0 Å². The molecule has 0 fully saturated rings. The molecule has 0 aromatic carbocycles. The van der Waals surface area contributed by atoms with Gasteiger partial charge in [0.05, 0.1) is 5.54 Å². The summed E-state index contributed by atoms with van der Waals surface area (Å²) in [6.45, 7) is 2.22. The lowest BCUT2D eigenvalue weighted by molar-refractivity contribution is -0.109. The van der Waals surface area contributed by atoms with Crippen LogP contribution in [0.25, 0.3) is 0 Å². The first-order chi connectivity index (χ1) is 9.20. The fourth-order valence-corrected chi connectivity index (χ4v) is 4.49. The van der Waals surface area contributed by atoms with Crippen molar-refractivity contribution >= 4 is 15.1 Å². The second-order valence-electron chi connectivity index (χ2n) is 4.87. The van der Waals surface area contributed by atoms with Gasteiger partial charge in [-0.25, -0.2) is 0 Å². The Morgan fingerprint density at radius 3 is 1.79 bits per heavy atom.